The summed E-state index contributed by atoms with van der Waals surface area (Å²) in [6.07, 6.45) is 3.25. The molecule has 2 N–H and O–H groups in total. The summed E-state index contributed by atoms with van der Waals surface area (Å²) >= 11 is 0. The number of ether oxygens (including phenoxy) is 5. The molecule has 1 aliphatic rings. The Morgan fingerprint density at radius 2 is 1.57 bits per heavy atom. The van der Waals surface area contributed by atoms with Crippen molar-refractivity contribution in [2.24, 2.45) is 0 Å². The number of aromatic hydroxyl groups is 1. The molecule has 9 nitrogen and oxygen atoms in total. The summed E-state index contributed by atoms with van der Waals surface area (Å²) in [5.41, 5.74) is 1.27. The fourth-order valence-corrected chi connectivity index (χ4v) is 3.29. The zero-order valence-corrected chi connectivity index (χ0v) is 16.7. The largest absolute Gasteiger partial charge is 0.507 e. The van der Waals surface area contributed by atoms with E-state index < -0.39 is 6.04 Å². The highest BCUT2D eigenvalue weighted by molar-refractivity contribution is 5.60. The molecule has 2 heterocycles. The van der Waals surface area contributed by atoms with Crippen LogP contribution in [-0.4, -0.2) is 43.2 Å². The smallest absolute Gasteiger partial charge is 0.231 e. The molecule has 0 bridgehead atoms. The number of nitrogens with zero attached hydrogens (tertiary/aromatic N) is 2. The van der Waals surface area contributed by atoms with Crippen LogP contribution in [-0.2, 0) is 0 Å². The Kier molecular flexibility index (Phi) is 5.34. The summed E-state index contributed by atoms with van der Waals surface area (Å²) in [7, 11) is 4.63. The maximum Gasteiger partial charge on any atom is 0.231 e. The third kappa shape index (κ3) is 3.57. The van der Waals surface area contributed by atoms with Crippen molar-refractivity contribution in [2.75, 3.05) is 33.4 Å². The molecule has 0 aliphatic carbocycles. The maximum atomic E-state index is 10.7. The SMILES string of the molecule is COc1cc([C@@H](Nc2ncccn2)c2cc3c(cc2O)OCO3)cc(OC)c1OC. The highest BCUT2D eigenvalue weighted by Crippen LogP contribution is 2.45. The van der Waals surface area contributed by atoms with Crippen LogP contribution in [0.3, 0.4) is 0 Å². The molecule has 9 heteroatoms. The van der Waals surface area contributed by atoms with Gasteiger partial charge in [0.2, 0.25) is 18.5 Å². The highest BCUT2D eigenvalue weighted by Gasteiger charge is 2.26. The van der Waals surface area contributed by atoms with Crippen LogP contribution in [0.1, 0.15) is 17.2 Å². The van der Waals surface area contributed by atoms with E-state index in [4.69, 9.17) is 23.7 Å². The van der Waals surface area contributed by atoms with Crippen molar-refractivity contribution in [3.63, 3.8) is 0 Å². The van der Waals surface area contributed by atoms with Crippen LogP contribution in [0, 0.1) is 0 Å². The molecule has 0 saturated heterocycles. The van der Waals surface area contributed by atoms with Crippen molar-refractivity contribution in [1.82, 2.24) is 9.97 Å². The summed E-state index contributed by atoms with van der Waals surface area (Å²) in [6, 6.07) is 8.00. The van der Waals surface area contributed by atoms with E-state index >= 15 is 0 Å². The number of hydrogen-bond acceptors (Lipinski definition) is 9. The highest BCUT2D eigenvalue weighted by atomic mass is 16.7. The lowest BCUT2D eigenvalue weighted by Gasteiger charge is -2.23. The van der Waals surface area contributed by atoms with Crippen LogP contribution in [0.2, 0.25) is 0 Å². The molecule has 0 saturated carbocycles. The van der Waals surface area contributed by atoms with Crippen molar-refractivity contribution < 1.29 is 28.8 Å². The molecule has 0 fully saturated rings. The Morgan fingerprint density at radius 3 is 2.17 bits per heavy atom. The molecule has 1 atom stereocenters. The molecule has 30 heavy (non-hydrogen) atoms. The van der Waals surface area contributed by atoms with Crippen molar-refractivity contribution in [1.29, 1.82) is 0 Å². The molecule has 1 aromatic heterocycles. The number of methoxy groups -OCH3 is 3. The third-order valence-electron chi connectivity index (χ3n) is 4.69. The van der Waals surface area contributed by atoms with Crippen LogP contribution in [0.25, 0.3) is 0 Å². The quantitative estimate of drug-likeness (QED) is 0.607. The molecule has 2 aromatic carbocycles. The number of rotatable bonds is 7. The second kappa shape index (κ2) is 8.24. The predicted molar refractivity (Wildman–Crippen MR) is 108 cm³/mol. The van der Waals surface area contributed by atoms with Gasteiger partial charge in [0.15, 0.2) is 23.0 Å². The zero-order chi connectivity index (χ0) is 21.1. The number of aromatic nitrogens is 2. The van der Waals surface area contributed by atoms with E-state index in [2.05, 4.69) is 15.3 Å². The van der Waals surface area contributed by atoms with E-state index in [9.17, 15) is 5.11 Å². The van der Waals surface area contributed by atoms with Crippen LogP contribution < -0.4 is 29.0 Å². The van der Waals surface area contributed by atoms with Crippen molar-refractivity contribution >= 4 is 5.95 Å². The van der Waals surface area contributed by atoms with Gasteiger partial charge in [-0.15, -0.1) is 0 Å². The number of phenols is 1. The molecule has 156 valence electrons. The van der Waals surface area contributed by atoms with E-state index in [1.54, 1.807) is 50.9 Å². The Balaban J connectivity index is 1.86. The molecule has 0 unspecified atom stereocenters. The van der Waals surface area contributed by atoms with Gasteiger partial charge in [-0.1, -0.05) is 0 Å². The lowest BCUT2D eigenvalue weighted by molar-refractivity contribution is 0.174. The summed E-state index contributed by atoms with van der Waals surface area (Å²) < 4.78 is 27.2. The van der Waals surface area contributed by atoms with Gasteiger partial charge in [0.05, 0.1) is 27.4 Å². The van der Waals surface area contributed by atoms with E-state index in [0.717, 1.165) is 5.56 Å². The molecule has 4 rings (SSSR count). The van der Waals surface area contributed by atoms with Crippen LogP contribution in [0.15, 0.2) is 42.7 Å². The number of fused-ring (bicyclic) bond motifs is 1. The van der Waals surface area contributed by atoms with Gasteiger partial charge in [-0.3, -0.25) is 0 Å². The van der Waals surface area contributed by atoms with Crippen LogP contribution >= 0.6 is 0 Å². The van der Waals surface area contributed by atoms with Crippen molar-refractivity contribution in [3.8, 4) is 34.5 Å². The molecule has 1 aliphatic heterocycles. The Morgan fingerprint density at radius 1 is 0.933 bits per heavy atom. The Bertz CT molecular complexity index is 1020. The second-order valence-corrected chi connectivity index (χ2v) is 6.37. The van der Waals surface area contributed by atoms with Gasteiger partial charge in [-0.25, -0.2) is 9.97 Å². The summed E-state index contributed by atoms with van der Waals surface area (Å²) in [6.45, 7) is 0.0995. The van der Waals surface area contributed by atoms with Gasteiger partial charge in [0.25, 0.3) is 0 Å². The first kappa shape index (κ1) is 19.4. The van der Waals surface area contributed by atoms with Crippen molar-refractivity contribution in [3.05, 3.63) is 53.9 Å². The average molecular weight is 411 g/mol. The lowest BCUT2D eigenvalue weighted by Crippen LogP contribution is -2.15. The minimum Gasteiger partial charge on any atom is -0.507 e. The Hall–Kier alpha value is -3.88. The van der Waals surface area contributed by atoms with Crippen molar-refractivity contribution in [2.45, 2.75) is 6.04 Å². The minimum absolute atomic E-state index is 0.0291. The number of benzene rings is 2. The normalized spacial score (nSPS) is 12.9. The minimum atomic E-state index is -0.560. The molecular formula is C21H21N3O6. The van der Waals surface area contributed by atoms with E-state index in [0.29, 0.717) is 40.3 Å². The van der Waals surface area contributed by atoms with E-state index in [1.165, 1.54) is 13.2 Å². The molecule has 3 aromatic rings. The summed E-state index contributed by atoms with van der Waals surface area (Å²) in [5.74, 6) is 2.86. The standard InChI is InChI=1S/C21H21N3O6/c1-26-17-7-12(8-18(27-2)20(17)28-3)19(24-21-22-5-4-6-23-21)13-9-15-16(10-14(13)25)30-11-29-15/h4-10,19,25H,11H2,1-3H3,(H,22,23,24)/t19-/m1/s1. The van der Waals surface area contributed by atoms with Gasteiger partial charge >= 0.3 is 0 Å². The molecular weight excluding hydrogens is 390 g/mol. The number of anilines is 1. The monoisotopic (exact) mass is 411 g/mol. The number of nitrogens with one attached hydrogen (secondary N) is 1. The van der Waals surface area contributed by atoms with Crippen LogP contribution in [0.4, 0.5) is 5.95 Å². The fourth-order valence-electron chi connectivity index (χ4n) is 3.29. The zero-order valence-electron chi connectivity index (χ0n) is 16.7. The molecule has 0 amide bonds. The topological polar surface area (TPSA) is 104 Å². The van der Waals surface area contributed by atoms with E-state index in [-0.39, 0.29) is 12.5 Å². The van der Waals surface area contributed by atoms with Crippen LogP contribution in [0.5, 0.6) is 34.5 Å². The van der Waals surface area contributed by atoms with Gasteiger partial charge in [-0.2, -0.15) is 0 Å². The maximum absolute atomic E-state index is 10.7. The number of phenolic OH excluding ortho intramolecular Hbond substituents is 1. The fraction of sp³-hybridized carbons (Fsp3) is 0.238. The van der Waals surface area contributed by atoms with Gasteiger partial charge in [-0.05, 0) is 29.8 Å². The second-order valence-electron chi connectivity index (χ2n) is 6.37. The summed E-state index contributed by atoms with van der Waals surface area (Å²) in [5, 5.41) is 14.0. The first-order valence-corrected chi connectivity index (χ1v) is 9.10. The lowest BCUT2D eigenvalue weighted by atomic mass is 9.96. The summed E-state index contributed by atoms with van der Waals surface area (Å²) in [4.78, 5) is 8.49. The first-order valence-electron chi connectivity index (χ1n) is 9.10. The van der Waals surface area contributed by atoms with Gasteiger partial charge in [0, 0.05) is 24.0 Å². The average Bonchev–Trinajstić information content (AvgIpc) is 3.23. The van der Waals surface area contributed by atoms with Gasteiger partial charge in [0.1, 0.15) is 5.75 Å². The Labute approximate surface area is 173 Å². The number of hydrogen-bond donors (Lipinski definition) is 2. The third-order valence-corrected chi connectivity index (χ3v) is 4.69. The molecule has 0 spiro atoms. The van der Waals surface area contributed by atoms with Gasteiger partial charge < -0.3 is 34.1 Å². The van der Waals surface area contributed by atoms with E-state index in [1.807, 2.05) is 0 Å². The molecule has 0 radical (unpaired) electrons. The first-order chi connectivity index (χ1) is 14.6. The predicted octanol–water partition coefficient (Wildman–Crippen LogP) is 3.14.